The van der Waals surface area contributed by atoms with E-state index in [9.17, 15) is 23.2 Å². The topological polar surface area (TPSA) is 81.7 Å². The van der Waals surface area contributed by atoms with E-state index in [-0.39, 0.29) is 0 Å². The molecule has 0 saturated heterocycles. The molecule has 1 aromatic carbocycles. The normalized spacial score (nSPS) is 12.2. The predicted molar refractivity (Wildman–Crippen MR) is 80.1 cm³/mol. The maximum absolute atomic E-state index is 13.6. The smallest absolute Gasteiger partial charge is 0.328 e. The number of ether oxygens (including phenoxy) is 2. The van der Waals surface area contributed by atoms with Crippen molar-refractivity contribution in [3.63, 3.8) is 0 Å². The summed E-state index contributed by atoms with van der Waals surface area (Å²) in [5.41, 5.74) is -1.37. The van der Waals surface area contributed by atoms with Crippen LogP contribution in [0.1, 0.15) is 37.6 Å². The lowest BCUT2D eigenvalue weighted by molar-refractivity contribution is -0.158. The molecule has 24 heavy (non-hydrogen) atoms. The lowest BCUT2D eigenvalue weighted by Crippen LogP contribution is -2.44. The van der Waals surface area contributed by atoms with Crippen LogP contribution < -0.4 is 5.32 Å². The molecular formula is C16H19F2NO5. The Bertz CT molecular complexity index is 640. The van der Waals surface area contributed by atoms with Gasteiger partial charge in [-0.1, -0.05) is 6.07 Å². The van der Waals surface area contributed by atoms with Crippen LogP contribution in [0.4, 0.5) is 8.78 Å². The Morgan fingerprint density at radius 2 is 1.83 bits per heavy atom. The number of halogens is 2. The Hall–Kier alpha value is -2.51. The van der Waals surface area contributed by atoms with Gasteiger partial charge in [0, 0.05) is 0 Å². The molecule has 0 unspecified atom stereocenters. The highest BCUT2D eigenvalue weighted by molar-refractivity contribution is 5.97. The molecule has 8 heteroatoms. The van der Waals surface area contributed by atoms with Crippen LogP contribution in [0.2, 0.25) is 0 Å². The van der Waals surface area contributed by atoms with Crippen molar-refractivity contribution in [3.05, 3.63) is 35.4 Å². The summed E-state index contributed by atoms with van der Waals surface area (Å²) in [4.78, 5) is 35.6. The number of rotatable bonds is 5. The van der Waals surface area contributed by atoms with E-state index in [4.69, 9.17) is 4.74 Å². The number of amides is 1. The van der Waals surface area contributed by atoms with Crippen molar-refractivity contribution in [2.45, 2.75) is 38.8 Å². The molecule has 132 valence electrons. The Labute approximate surface area is 138 Å². The zero-order valence-corrected chi connectivity index (χ0v) is 13.8. The first-order chi connectivity index (χ1) is 11.0. The van der Waals surface area contributed by atoms with Gasteiger partial charge in [-0.3, -0.25) is 9.59 Å². The van der Waals surface area contributed by atoms with Crippen LogP contribution in [-0.4, -0.2) is 36.6 Å². The van der Waals surface area contributed by atoms with Crippen molar-refractivity contribution in [2.75, 3.05) is 7.11 Å². The Balaban J connectivity index is 2.90. The highest BCUT2D eigenvalue weighted by Crippen LogP contribution is 2.13. The van der Waals surface area contributed by atoms with Gasteiger partial charge in [-0.15, -0.1) is 0 Å². The molecule has 0 radical (unpaired) electrons. The SMILES string of the molecule is COC(=O)[C@@H](CC(=O)OC(C)(C)C)NC(=O)c1cccc(F)c1F. The van der Waals surface area contributed by atoms with Crippen LogP contribution in [0.5, 0.6) is 0 Å². The molecule has 0 fully saturated rings. The van der Waals surface area contributed by atoms with Crippen LogP contribution in [0, 0.1) is 11.6 Å². The molecule has 0 bridgehead atoms. The van der Waals surface area contributed by atoms with Crippen LogP contribution in [0.3, 0.4) is 0 Å². The van der Waals surface area contributed by atoms with Gasteiger partial charge in [-0.05, 0) is 32.9 Å². The van der Waals surface area contributed by atoms with Crippen molar-refractivity contribution in [1.29, 1.82) is 0 Å². The molecule has 0 saturated carbocycles. The first-order valence-electron chi connectivity index (χ1n) is 7.09. The molecule has 0 aliphatic carbocycles. The molecule has 0 heterocycles. The summed E-state index contributed by atoms with van der Waals surface area (Å²) in [6.45, 7) is 4.91. The zero-order chi connectivity index (χ0) is 18.5. The van der Waals surface area contributed by atoms with Gasteiger partial charge in [0.15, 0.2) is 11.6 Å². The standard InChI is InChI=1S/C16H19F2NO5/c1-16(2,3)24-12(20)8-11(15(22)23-4)19-14(21)9-6-5-7-10(17)13(9)18/h5-7,11H,8H2,1-4H3,(H,19,21)/t11-/m1/s1. The molecule has 1 rings (SSSR count). The lowest BCUT2D eigenvalue weighted by Gasteiger charge is -2.22. The summed E-state index contributed by atoms with van der Waals surface area (Å²) in [7, 11) is 1.07. The minimum Gasteiger partial charge on any atom is -0.467 e. The number of carbonyl (C=O) groups is 3. The van der Waals surface area contributed by atoms with E-state index in [0.717, 1.165) is 25.3 Å². The maximum atomic E-state index is 13.6. The second-order valence-corrected chi connectivity index (χ2v) is 5.94. The Kier molecular flexibility index (Phi) is 6.39. The highest BCUT2D eigenvalue weighted by atomic mass is 19.2. The average Bonchev–Trinajstić information content (AvgIpc) is 2.46. The quantitative estimate of drug-likeness (QED) is 0.827. The molecule has 0 spiro atoms. The summed E-state index contributed by atoms with van der Waals surface area (Å²) in [6.07, 6.45) is -0.507. The third-order valence-corrected chi connectivity index (χ3v) is 2.78. The Morgan fingerprint density at radius 3 is 2.38 bits per heavy atom. The minimum atomic E-state index is -1.39. The molecule has 0 aliphatic rings. The fraction of sp³-hybridized carbons (Fsp3) is 0.438. The molecule has 1 atom stereocenters. The summed E-state index contributed by atoms with van der Waals surface area (Å²) in [5, 5.41) is 2.15. The van der Waals surface area contributed by atoms with Gasteiger partial charge in [0.2, 0.25) is 0 Å². The molecule has 0 aromatic heterocycles. The van der Waals surface area contributed by atoms with Crippen molar-refractivity contribution in [3.8, 4) is 0 Å². The third kappa shape index (κ3) is 5.60. The van der Waals surface area contributed by atoms with Crippen LogP contribution in [0.25, 0.3) is 0 Å². The summed E-state index contributed by atoms with van der Waals surface area (Å²) < 4.78 is 36.4. The van der Waals surface area contributed by atoms with Gasteiger partial charge in [0.1, 0.15) is 11.6 Å². The van der Waals surface area contributed by atoms with Gasteiger partial charge in [0.05, 0.1) is 19.1 Å². The monoisotopic (exact) mass is 343 g/mol. The minimum absolute atomic E-state index is 0.507. The van der Waals surface area contributed by atoms with Crippen LogP contribution in [-0.2, 0) is 19.1 Å². The first kappa shape index (κ1) is 19.5. The molecule has 6 nitrogen and oxygen atoms in total. The largest absolute Gasteiger partial charge is 0.467 e. The first-order valence-corrected chi connectivity index (χ1v) is 7.09. The third-order valence-electron chi connectivity index (χ3n) is 2.78. The number of hydrogen-bond donors (Lipinski definition) is 1. The zero-order valence-electron chi connectivity index (χ0n) is 13.8. The van der Waals surface area contributed by atoms with Gasteiger partial charge in [0.25, 0.3) is 5.91 Å². The van der Waals surface area contributed by atoms with Gasteiger partial charge in [-0.25, -0.2) is 13.6 Å². The number of carbonyl (C=O) groups excluding carboxylic acids is 3. The van der Waals surface area contributed by atoms with E-state index >= 15 is 0 Å². The number of benzene rings is 1. The average molecular weight is 343 g/mol. The van der Waals surface area contributed by atoms with Crippen LogP contribution >= 0.6 is 0 Å². The fourth-order valence-electron chi connectivity index (χ4n) is 1.80. The van der Waals surface area contributed by atoms with Gasteiger partial charge >= 0.3 is 11.9 Å². The number of hydrogen-bond acceptors (Lipinski definition) is 5. The molecule has 1 aromatic rings. The van der Waals surface area contributed by atoms with E-state index in [0.29, 0.717) is 0 Å². The van der Waals surface area contributed by atoms with Crippen molar-refractivity contribution in [2.24, 2.45) is 0 Å². The molecule has 1 N–H and O–H groups in total. The molecule has 0 aliphatic heterocycles. The number of nitrogens with one attached hydrogen (secondary N) is 1. The molecular weight excluding hydrogens is 324 g/mol. The number of methoxy groups -OCH3 is 1. The lowest BCUT2D eigenvalue weighted by atomic mass is 10.1. The van der Waals surface area contributed by atoms with Crippen LogP contribution in [0.15, 0.2) is 18.2 Å². The number of esters is 2. The van der Waals surface area contributed by atoms with Crippen molar-refractivity contribution in [1.82, 2.24) is 5.32 Å². The fourth-order valence-corrected chi connectivity index (χ4v) is 1.80. The van der Waals surface area contributed by atoms with Crippen molar-refractivity contribution >= 4 is 17.8 Å². The van der Waals surface area contributed by atoms with E-state index in [1.54, 1.807) is 20.8 Å². The van der Waals surface area contributed by atoms with Crippen molar-refractivity contribution < 1.29 is 32.6 Å². The second kappa shape index (κ2) is 7.85. The van der Waals surface area contributed by atoms with E-state index in [1.807, 2.05) is 0 Å². The second-order valence-electron chi connectivity index (χ2n) is 5.94. The van der Waals surface area contributed by atoms with Gasteiger partial charge < -0.3 is 14.8 Å². The molecule has 1 amide bonds. The van der Waals surface area contributed by atoms with E-state index < -0.39 is 53.1 Å². The summed E-state index contributed by atoms with van der Waals surface area (Å²) >= 11 is 0. The summed E-state index contributed by atoms with van der Waals surface area (Å²) in [5.74, 6) is -5.27. The van der Waals surface area contributed by atoms with E-state index in [2.05, 4.69) is 10.1 Å². The predicted octanol–water partition coefficient (Wildman–Crippen LogP) is 1.97. The van der Waals surface area contributed by atoms with E-state index in [1.165, 1.54) is 0 Å². The highest BCUT2D eigenvalue weighted by Gasteiger charge is 2.29. The summed E-state index contributed by atoms with van der Waals surface area (Å²) in [6, 6.07) is 1.66. The Morgan fingerprint density at radius 1 is 1.21 bits per heavy atom. The maximum Gasteiger partial charge on any atom is 0.328 e. The van der Waals surface area contributed by atoms with Gasteiger partial charge in [-0.2, -0.15) is 0 Å².